The lowest BCUT2D eigenvalue weighted by molar-refractivity contribution is -0.139. The van der Waals surface area contributed by atoms with Gasteiger partial charge in [-0.15, -0.1) is 6.42 Å². The van der Waals surface area contributed by atoms with Crippen molar-refractivity contribution in [1.82, 2.24) is 4.57 Å². The Hall–Kier alpha value is -3.87. The first-order valence-corrected chi connectivity index (χ1v) is 13.0. The van der Waals surface area contributed by atoms with Gasteiger partial charge in [0, 0.05) is 0 Å². The largest absolute Gasteiger partial charge is 0.490 e. The van der Waals surface area contributed by atoms with Crippen LogP contribution >= 0.6 is 22.9 Å². The van der Waals surface area contributed by atoms with Gasteiger partial charge in [-0.1, -0.05) is 41.0 Å². The quantitative estimate of drug-likeness (QED) is 0.311. The number of fused-ring (bicyclic) bond motifs is 1. The number of esters is 1. The molecule has 0 saturated carbocycles. The highest BCUT2D eigenvalue weighted by atomic mass is 35.5. The van der Waals surface area contributed by atoms with Crippen LogP contribution in [0.4, 0.5) is 4.39 Å². The zero-order chi connectivity index (χ0) is 27.4. The van der Waals surface area contributed by atoms with Crippen LogP contribution in [0.3, 0.4) is 0 Å². The SMILES string of the molecule is C#CCOc1c(Cl)cc(/C=c2/sc3n(c2=O)[C@H](c2ccc(F)cc2)C(C(=O)OCC)=C(C)N=3)cc1OCC. The standard InChI is InChI=1S/C28H24ClFN2O5S/c1-5-12-37-25-20(29)13-17(14-21(25)35-6-2)15-22-26(33)32-24(18-8-10-19(30)11-9-18)23(27(34)36-7-3)16(4)31-28(32)38-22/h1,8-11,13-15,24H,6-7,12H2,2-4H3/b22-15+/t24-/m1/s1. The third-order valence-corrected chi connectivity index (χ3v) is 6.90. The Balaban J connectivity index is 1.90. The molecule has 4 rings (SSSR count). The summed E-state index contributed by atoms with van der Waals surface area (Å²) in [5.74, 6) is 2.07. The van der Waals surface area contributed by atoms with Gasteiger partial charge in [0.1, 0.15) is 12.4 Å². The van der Waals surface area contributed by atoms with Crippen molar-refractivity contribution in [3.63, 3.8) is 0 Å². The Kier molecular flexibility index (Phi) is 8.35. The van der Waals surface area contributed by atoms with Crippen molar-refractivity contribution >= 4 is 35.0 Å². The van der Waals surface area contributed by atoms with Crippen LogP contribution < -0.4 is 24.4 Å². The number of halogens is 2. The number of carbonyl (C=O) groups is 1. The zero-order valence-corrected chi connectivity index (χ0v) is 22.5. The molecule has 2 aromatic carbocycles. The van der Waals surface area contributed by atoms with Gasteiger partial charge in [0.25, 0.3) is 5.56 Å². The fourth-order valence-corrected chi connectivity index (χ4v) is 5.41. The number of aromatic nitrogens is 1. The Morgan fingerprint density at radius 2 is 1.97 bits per heavy atom. The summed E-state index contributed by atoms with van der Waals surface area (Å²) < 4.78 is 32.0. The van der Waals surface area contributed by atoms with Crippen LogP contribution in [0, 0.1) is 18.2 Å². The molecule has 1 aliphatic heterocycles. The number of thiazole rings is 1. The van der Waals surface area contributed by atoms with E-state index in [1.165, 1.54) is 28.8 Å². The fraction of sp³-hybridized carbons (Fsp3) is 0.250. The molecule has 7 nitrogen and oxygen atoms in total. The van der Waals surface area contributed by atoms with Crippen molar-refractivity contribution in [2.24, 2.45) is 4.99 Å². The van der Waals surface area contributed by atoms with Gasteiger partial charge in [0.05, 0.1) is 40.1 Å². The minimum absolute atomic E-state index is 0.0171. The summed E-state index contributed by atoms with van der Waals surface area (Å²) in [7, 11) is 0. The molecule has 0 bridgehead atoms. The molecule has 196 valence electrons. The number of nitrogens with zero attached hydrogens (tertiary/aromatic N) is 2. The second-order valence-corrected chi connectivity index (χ2v) is 9.53. The second kappa shape index (κ2) is 11.7. The Morgan fingerprint density at radius 1 is 1.24 bits per heavy atom. The molecule has 0 aliphatic carbocycles. The van der Waals surface area contributed by atoms with E-state index in [-0.39, 0.29) is 29.4 Å². The first kappa shape index (κ1) is 27.2. The minimum atomic E-state index is -0.838. The lowest BCUT2D eigenvalue weighted by atomic mass is 9.96. The summed E-state index contributed by atoms with van der Waals surface area (Å²) in [5, 5.41) is 0.273. The number of ether oxygens (including phenoxy) is 3. The number of rotatable bonds is 8. The maximum absolute atomic E-state index is 13.7. The minimum Gasteiger partial charge on any atom is -0.490 e. The van der Waals surface area contributed by atoms with Gasteiger partial charge in [-0.2, -0.15) is 0 Å². The molecule has 10 heteroatoms. The lowest BCUT2D eigenvalue weighted by Crippen LogP contribution is -2.39. The Morgan fingerprint density at radius 3 is 2.63 bits per heavy atom. The summed E-state index contributed by atoms with van der Waals surface area (Å²) in [5.41, 5.74) is 1.40. The number of terminal acetylenes is 1. The van der Waals surface area contributed by atoms with Gasteiger partial charge >= 0.3 is 5.97 Å². The first-order chi connectivity index (χ1) is 18.3. The van der Waals surface area contributed by atoms with E-state index in [0.717, 1.165) is 11.3 Å². The number of allylic oxidation sites excluding steroid dienone is 1. The number of benzene rings is 2. The molecule has 3 aromatic rings. The molecule has 0 fully saturated rings. The van der Waals surface area contributed by atoms with Crippen molar-refractivity contribution < 1.29 is 23.4 Å². The average Bonchev–Trinajstić information content (AvgIpc) is 3.17. The van der Waals surface area contributed by atoms with Crippen molar-refractivity contribution in [2.75, 3.05) is 19.8 Å². The van der Waals surface area contributed by atoms with Crippen LogP contribution in [0.2, 0.25) is 5.02 Å². The normalized spacial score (nSPS) is 14.9. The molecule has 38 heavy (non-hydrogen) atoms. The molecule has 0 radical (unpaired) electrons. The molecular formula is C28H24ClFN2O5S. The molecule has 0 unspecified atom stereocenters. The van der Waals surface area contributed by atoms with Gasteiger partial charge in [-0.3, -0.25) is 9.36 Å². The number of hydrogen-bond donors (Lipinski definition) is 0. The predicted molar refractivity (Wildman–Crippen MR) is 144 cm³/mol. The van der Waals surface area contributed by atoms with Crippen molar-refractivity contribution in [2.45, 2.75) is 26.8 Å². The third kappa shape index (κ3) is 5.37. The van der Waals surface area contributed by atoms with Crippen LogP contribution in [-0.4, -0.2) is 30.4 Å². The van der Waals surface area contributed by atoms with Crippen LogP contribution in [0.15, 0.2) is 57.5 Å². The van der Waals surface area contributed by atoms with Gasteiger partial charge < -0.3 is 14.2 Å². The summed E-state index contributed by atoms with van der Waals surface area (Å²) in [6, 6.07) is 8.15. The number of hydrogen-bond acceptors (Lipinski definition) is 7. The first-order valence-electron chi connectivity index (χ1n) is 11.8. The highest BCUT2D eigenvalue weighted by Gasteiger charge is 2.33. The predicted octanol–water partition coefficient (Wildman–Crippen LogP) is 4.00. The number of carbonyl (C=O) groups excluding carboxylic acids is 1. The highest BCUT2D eigenvalue weighted by Crippen LogP contribution is 2.37. The van der Waals surface area contributed by atoms with Crippen LogP contribution in [0.5, 0.6) is 11.5 Å². The molecule has 1 atom stereocenters. The van der Waals surface area contributed by atoms with Crippen LogP contribution in [0.25, 0.3) is 6.08 Å². The maximum atomic E-state index is 13.7. The van der Waals surface area contributed by atoms with Gasteiger partial charge in [-0.25, -0.2) is 14.2 Å². The van der Waals surface area contributed by atoms with Crippen LogP contribution in [-0.2, 0) is 9.53 Å². The van der Waals surface area contributed by atoms with E-state index in [9.17, 15) is 14.0 Å². The van der Waals surface area contributed by atoms with Gasteiger partial charge in [-0.05, 0) is 62.2 Å². The highest BCUT2D eigenvalue weighted by molar-refractivity contribution is 7.07. The Bertz CT molecular complexity index is 1630. The average molecular weight is 555 g/mol. The summed E-state index contributed by atoms with van der Waals surface area (Å²) in [6.45, 7) is 5.73. The summed E-state index contributed by atoms with van der Waals surface area (Å²) in [4.78, 5) is 31.6. The molecular weight excluding hydrogens is 531 g/mol. The maximum Gasteiger partial charge on any atom is 0.338 e. The third-order valence-electron chi connectivity index (χ3n) is 5.63. The molecule has 2 heterocycles. The molecule has 0 saturated heterocycles. The van der Waals surface area contributed by atoms with E-state index in [1.807, 2.05) is 6.92 Å². The summed E-state index contributed by atoms with van der Waals surface area (Å²) in [6.07, 6.45) is 6.96. The topological polar surface area (TPSA) is 79.1 Å². The fourth-order valence-electron chi connectivity index (χ4n) is 4.09. The second-order valence-electron chi connectivity index (χ2n) is 8.11. The van der Waals surface area contributed by atoms with Crippen molar-refractivity contribution in [3.05, 3.63) is 89.3 Å². The van der Waals surface area contributed by atoms with E-state index in [0.29, 0.717) is 44.3 Å². The van der Waals surface area contributed by atoms with E-state index in [4.69, 9.17) is 32.2 Å². The molecule has 1 aliphatic rings. The van der Waals surface area contributed by atoms with Crippen molar-refractivity contribution in [1.29, 1.82) is 0 Å². The zero-order valence-electron chi connectivity index (χ0n) is 20.9. The van der Waals surface area contributed by atoms with E-state index < -0.39 is 17.8 Å². The molecule has 0 amide bonds. The molecule has 0 spiro atoms. The molecule has 1 aromatic heterocycles. The smallest absolute Gasteiger partial charge is 0.338 e. The van der Waals surface area contributed by atoms with E-state index in [2.05, 4.69) is 10.9 Å². The lowest BCUT2D eigenvalue weighted by Gasteiger charge is -2.24. The summed E-state index contributed by atoms with van der Waals surface area (Å²) >= 11 is 7.61. The Labute approximate surface area is 227 Å². The molecule has 0 N–H and O–H groups in total. The van der Waals surface area contributed by atoms with E-state index >= 15 is 0 Å². The van der Waals surface area contributed by atoms with Gasteiger partial charge in [0.2, 0.25) is 0 Å². The van der Waals surface area contributed by atoms with Crippen molar-refractivity contribution in [3.8, 4) is 23.8 Å². The van der Waals surface area contributed by atoms with Gasteiger partial charge in [0.15, 0.2) is 16.3 Å². The van der Waals surface area contributed by atoms with E-state index in [1.54, 1.807) is 32.1 Å². The monoisotopic (exact) mass is 554 g/mol. The van der Waals surface area contributed by atoms with Crippen LogP contribution in [0.1, 0.15) is 37.9 Å².